The maximum atomic E-state index is 12.2. The normalized spacial score (nSPS) is 10.8. The average molecular weight is 358 g/mol. The van der Waals surface area contributed by atoms with Gasteiger partial charge in [-0.2, -0.15) is 0 Å². The molecule has 2 N–H and O–H groups in total. The van der Waals surface area contributed by atoms with E-state index in [-0.39, 0.29) is 16.9 Å². The Hall–Kier alpha value is -2.79. The van der Waals surface area contributed by atoms with Gasteiger partial charge in [-0.1, -0.05) is 29.8 Å². The molecule has 1 aromatic heterocycles. The third-order valence-corrected chi connectivity index (χ3v) is 4.20. The number of hydrogen-bond donors (Lipinski definition) is 2. The van der Waals surface area contributed by atoms with Crippen molar-refractivity contribution in [2.45, 2.75) is 12.8 Å². The van der Waals surface area contributed by atoms with Crippen LogP contribution in [0.1, 0.15) is 22.3 Å². The van der Waals surface area contributed by atoms with Crippen molar-refractivity contribution in [3.8, 4) is 5.75 Å². The minimum Gasteiger partial charge on any atom is -0.508 e. The van der Waals surface area contributed by atoms with Crippen molar-refractivity contribution in [3.63, 3.8) is 0 Å². The molecule has 0 saturated heterocycles. The molecular formula is C19H16ClNO4. The Morgan fingerprint density at radius 3 is 2.76 bits per heavy atom. The van der Waals surface area contributed by atoms with Gasteiger partial charge in [0.2, 0.25) is 0 Å². The lowest BCUT2D eigenvalue weighted by Gasteiger charge is -2.06. The molecule has 0 aliphatic heterocycles. The highest BCUT2D eigenvalue weighted by Gasteiger charge is 2.13. The van der Waals surface area contributed by atoms with Gasteiger partial charge in [-0.25, -0.2) is 4.79 Å². The predicted octanol–water partition coefficient (Wildman–Crippen LogP) is 3.51. The number of phenolic OH excluding ortho intramolecular Hbond substituents is 1. The Balaban J connectivity index is 1.64. The summed E-state index contributed by atoms with van der Waals surface area (Å²) in [6.07, 6.45) is 1.42. The molecule has 25 heavy (non-hydrogen) atoms. The second-order valence-electron chi connectivity index (χ2n) is 5.62. The highest BCUT2D eigenvalue weighted by atomic mass is 35.5. The summed E-state index contributed by atoms with van der Waals surface area (Å²) in [5, 5.41) is 13.4. The number of fused-ring (bicyclic) bond motifs is 1. The molecule has 0 atom stereocenters. The molecule has 0 saturated carbocycles. The largest absolute Gasteiger partial charge is 0.508 e. The highest BCUT2D eigenvalue weighted by Crippen LogP contribution is 2.19. The van der Waals surface area contributed by atoms with E-state index in [9.17, 15) is 14.7 Å². The number of aryl methyl sites for hydroxylation is 1. The third-order valence-electron chi connectivity index (χ3n) is 3.83. The van der Waals surface area contributed by atoms with E-state index in [0.29, 0.717) is 23.4 Å². The van der Waals surface area contributed by atoms with E-state index < -0.39 is 11.5 Å². The standard InChI is InChI=1S/C19H16ClNO4/c20-16-6-2-1-4-12(16)5-3-9-21-18(23)15-10-13-7-8-14(22)11-17(13)25-19(15)24/h1-2,4,6-8,10-11,22H,3,5,9H2,(H,21,23). The molecule has 0 fully saturated rings. The monoisotopic (exact) mass is 357 g/mol. The van der Waals surface area contributed by atoms with Crippen LogP contribution in [0.25, 0.3) is 11.0 Å². The van der Waals surface area contributed by atoms with Gasteiger partial charge in [-0.15, -0.1) is 0 Å². The van der Waals surface area contributed by atoms with Crippen LogP contribution in [0, 0.1) is 0 Å². The van der Waals surface area contributed by atoms with Crippen molar-refractivity contribution in [3.05, 3.63) is 75.1 Å². The maximum absolute atomic E-state index is 12.2. The zero-order chi connectivity index (χ0) is 17.8. The SMILES string of the molecule is O=C(NCCCc1ccccc1Cl)c1cc2ccc(O)cc2oc1=O. The van der Waals surface area contributed by atoms with Gasteiger partial charge in [0.25, 0.3) is 5.91 Å². The molecule has 5 nitrogen and oxygen atoms in total. The summed E-state index contributed by atoms with van der Waals surface area (Å²) in [4.78, 5) is 24.2. The van der Waals surface area contributed by atoms with Crippen LogP contribution in [0.2, 0.25) is 5.02 Å². The van der Waals surface area contributed by atoms with Crippen molar-refractivity contribution < 1.29 is 14.3 Å². The van der Waals surface area contributed by atoms with Gasteiger partial charge in [0.15, 0.2) is 0 Å². The van der Waals surface area contributed by atoms with Crippen molar-refractivity contribution in [2.75, 3.05) is 6.54 Å². The molecule has 0 aliphatic rings. The van der Waals surface area contributed by atoms with E-state index in [0.717, 1.165) is 12.0 Å². The lowest BCUT2D eigenvalue weighted by atomic mass is 10.1. The molecule has 1 amide bonds. The van der Waals surface area contributed by atoms with E-state index in [4.69, 9.17) is 16.0 Å². The molecule has 3 rings (SSSR count). The van der Waals surface area contributed by atoms with Gasteiger partial charge < -0.3 is 14.8 Å². The number of carbonyl (C=O) groups excluding carboxylic acids is 1. The summed E-state index contributed by atoms with van der Waals surface area (Å²) in [5.41, 5.74) is 0.460. The fourth-order valence-corrected chi connectivity index (χ4v) is 2.77. The fraction of sp³-hybridized carbons (Fsp3) is 0.158. The molecule has 6 heteroatoms. The lowest BCUT2D eigenvalue weighted by molar-refractivity contribution is 0.0949. The van der Waals surface area contributed by atoms with Crippen LogP contribution < -0.4 is 10.9 Å². The molecular weight excluding hydrogens is 342 g/mol. The van der Waals surface area contributed by atoms with E-state index >= 15 is 0 Å². The molecule has 128 valence electrons. The van der Waals surface area contributed by atoms with Gasteiger partial charge in [-0.05, 0) is 42.7 Å². The van der Waals surface area contributed by atoms with Crippen LogP contribution in [-0.2, 0) is 6.42 Å². The zero-order valence-corrected chi connectivity index (χ0v) is 14.0. The maximum Gasteiger partial charge on any atom is 0.349 e. The molecule has 0 radical (unpaired) electrons. The summed E-state index contributed by atoms with van der Waals surface area (Å²) in [6, 6.07) is 13.4. The number of phenols is 1. The van der Waals surface area contributed by atoms with E-state index in [1.807, 2.05) is 24.3 Å². The Kier molecular flexibility index (Phi) is 5.05. The molecule has 3 aromatic rings. The van der Waals surface area contributed by atoms with Crippen molar-refractivity contribution in [1.82, 2.24) is 5.32 Å². The number of nitrogens with one attached hydrogen (secondary N) is 1. The smallest absolute Gasteiger partial charge is 0.349 e. The molecule has 0 spiro atoms. The Morgan fingerprint density at radius 2 is 1.96 bits per heavy atom. The summed E-state index contributed by atoms with van der Waals surface area (Å²) in [7, 11) is 0. The Morgan fingerprint density at radius 1 is 1.16 bits per heavy atom. The first kappa shape index (κ1) is 17.0. The Bertz CT molecular complexity index is 981. The van der Waals surface area contributed by atoms with Crippen LogP contribution in [0.5, 0.6) is 5.75 Å². The minimum absolute atomic E-state index is 0.00701. The summed E-state index contributed by atoms with van der Waals surface area (Å²) in [5.74, 6) is -0.490. The number of hydrogen-bond acceptors (Lipinski definition) is 4. The molecule has 2 aromatic carbocycles. The van der Waals surface area contributed by atoms with Gasteiger partial charge in [0.1, 0.15) is 16.9 Å². The third kappa shape index (κ3) is 4.00. The average Bonchev–Trinajstić information content (AvgIpc) is 2.59. The fourth-order valence-electron chi connectivity index (χ4n) is 2.54. The number of amides is 1. The highest BCUT2D eigenvalue weighted by molar-refractivity contribution is 6.31. The molecule has 0 unspecified atom stereocenters. The van der Waals surface area contributed by atoms with Crippen LogP contribution in [0.3, 0.4) is 0 Å². The Labute approximate surface area is 148 Å². The topological polar surface area (TPSA) is 79.5 Å². The number of carbonyl (C=O) groups is 1. The van der Waals surface area contributed by atoms with Gasteiger partial charge in [0, 0.05) is 23.0 Å². The van der Waals surface area contributed by atoms with E-state index in [1.165, 1.54) is 18.2 Å². The second-order valence-corrected chi connectivity index (χ2v) is 6.03. The van der Waals surface area contributed by atoms with E-state index in [1.54, 1.807) is 6.07 Å². The molecule has 0 aliphatic carbocycles. The number of halogens is 1. The van der Waals surface area contributed by atoms with Crippen molar-refractivity contribution in [1.29, 1.82) is 0 Å². The number of benzene rings is 2. The van der Waals surface area contributed by atoms with Crippen LogP contribution in [0.15, 0.2) is 57.7 Å². The van der Waals surface area contributed by atoms with Crippen LogP contribution >= 0.6 is 11.6 Å². The minimum atomic E-state index is -0.735. The second kappa shape index (κ2) is 7.40. The predicted molar refractivity (Wildman–Crippen MR) is 96.3 cm³/mol. The first-order chi connectivity index (χ1) is 12.0. The molecule has 1 heterocycles. The number of aromatic hydroxyl groups is 1. The summed E-state index contributed by atoms with van der Waals surface area (Å²) in [6.45, 7) is 0.414. The van der Waals surface area contributed by atoms with Crippen molar-refractivity contribution >= 4 is 28.5 Å². The quantitative estimate of drug-likeness (QED) is 0.541. The lowest BCUT2D eigenvalue weighted by Crippen LogP contribution is -2.29. The van der Waals surface area contributed by atoms with E-state index in [2.05, 4.69) is 5.32 Å². The summed E-state index contributed by atoms with van der Waals surface area (Å²) < 4.78 is 5.09. The van der Waals surface area contributed by atoms with Crippen molar-refractivity contribution in [2.24, 2.45) is 0 Å². The molecule has 0 bridgehead atoms. The van der Waals surface area contributed by atoms with Gasteiger partial charge in [0.05, 0.1) is 0 Å². The number of rotatable bonds is 5. The van der Waals surface area contributed by atoms with Gasteiger partial charge >= 0.3 is 5.63 Å². The first-order valence-corrected chi connectivity index (χ1v) is 8.21. The van der Waals surface area contributed by atoms with Crippen LogP contribution in [-0.4, -0.2) is 17.6 Å². The first-order valence-electron chi connectivity index (χ1n) is 7.83. The zero-order valence-electron chi connectivity index (χ0n) is 13.3. The van der Waals surface area contributed by atoms with Crippen LogP contribution in [0.4, 0.5) is 0 Å². The van der Waals surface area contributed by atoms with Gasteiger partial charge in [-0.3, -0.25) is 4.79 Å². The summed E-state index contributed by atoms with van der Waals surface area (Å²) >= 11 is 6.09.